The summed E-state index contributed by atoms with van der Waals surface area (Å²) in [5, 5.41) is 6.21. The molecule has 23 heavy (non-hydrogen) atoms. The monoisotopic (exact) mass is 310 g/mol. The molecule has 1 aliphatic carbocycles. The largest absolute Gasteiger partial charge is 0.467 e. The van der Waals surface area contributed by atoms with Crippen molar-refractivity contribution >= 4 is 17.7 Å². The Bertz CT molecular complexity index is 756. The average Bonchev–Trinajstić information content (AvgIpc) is 3.27. The fourth-order valence-corrected chi connectivity index (χ4v) is 3.55. The summed E-state index contributed by atoms with van der Waals surface area (Å²) in [6.45, 7) is 1.55. The zero-order valence-electron chi connectivity index (χ0n) is 12.9. The van der Waals surface area contributed by atoms with Gasteiger partial charge in [-0.1, -0.05) is 0 Å². The second-order valence-corrected chi connectivity index (χ2v) is 5.99. The van der Waals surface area contributed by atoms with Crippen molar-refractivity contribution in [3.8, 4) is 0 Å². The minimum Gasteiger partial charge on any atom is -0.467 e. The number of hydrogen-bond donors (Lipinski definition) is 0. The van der Waals surface area contributed by atoms with Crippen molar-refractivity contribution in [2.75, 3.05) is 0 Å². The molecule has 1 aliphatic heterocycles. The Labute approximate surface area is 134 Å². The first-order valence-corrected chi connectivity index (χ1v) is 7.90. The normalized spacial score (nSPS) is 25.5. The molecule has 0 aromatic carbocycles. The molecule has 4 rings (SSSR count). The first-order valence-electron chi connectivity index (χ1n) is 7.90. The van der Waals surface area contributed by atoms with Gasteiger partial charge in [0.2, 0.25) is 5.91 Å². The molecule has 0 radical (unpaired) electrons. The maximum atomic E-state index is 12.1. The number of carbonyl (C=O) groups excluding carboxylic acids is 1. The zero-order chi connectivity index (χ0) is 15.8. The van der Waals surface area contributed by atoms with E-state index >= 15 is 0 Å². The lowest BCUT2D eigenvalue weighted by atomic mass is 9.79. The highest BCUT2D eigenvalue weighted by atomic mass is 16.3. The van der Waals surface area contributed by atoms with Crippen molar-refractivity contribution in [1.82, 2.24) is 5.01 Å². The van der Waals surface area contributed by atoms with Gasteiger partial charge in [-0.15, -0.1) is 0 Å². The molecule has 1 fully saturated rings. The van der Waals surface area contributed by atoms with Crippen molar-refractivity contribution in [2.24, 2.45) is 11.0 Å². The second kappa shape index (κ2) is 5.57. The molecule has 118 valence electrons. The highest BCUT2D eigenvalue weighted by molar-refractivity contribution is 6.07. The highest BCUT2D eigenvalue weighted by Gasteiger charge is 2.44. The van der Waals surface area contributed by atoms with Gasteiger partial charge in [-0.25, -0.2) is 5.01 Å². The third kappa shape index (κ3) is 2.42. The second-order valence-electron chi connectivity index (χ2n) is 5.99. The Kier molecular flexibility index (Phi) is 3.41. The minimum atomic E-state index is -0.141. The van der Waals surface area contributed by atoms with E-state index in [-0.39, 0.29) is 17.9 Å². The van der Waals surface area contributed by atoms with Gasteiger partial charge in [-0.3, -0.25) is 4.79 Å². The van der Waals surface area contributed by atoms with Crippen LogP contribution < -0.4 is 0 Å². The van der Waals surface area contributed by atoms with E-state index in [9.17, 15) is 4.79 Å². The first kappa shape index (κ1) is 14.1. The molecule has 0 N–H and O–H groups in total. The lowest BCUT2D eigenvalue weighted by Gasteiger charge is -2.27. The topological polar surface area (TPSA) is 59.0 Å². The molecule has 5 nitrogen and oxygen atoms in total. The number of fused-ring (bicyclic) bond motifs is 1. The van der Waals surface area contributed by atoms with E-state index in [0.717, 1.165) is 42.1 Å². The molecule has 2 aromatic heterocycles. The zero-order valence-corrected chi connectivity index (χ0v) is 12.9. The smallest absolute Gasteiger partial charge is 0.240 e. The number of carbonyl (C=O) groups is 1. The van der Waals surface area contributed by atoms with Crippen LogP contribution in [0.2, 0.25) is 0 Å². The summed E-state index contributed by atoms with van der Waals surface area (Å²) in [6, 6.07) is 7.44. The Morgan fingerprint density at radius 2 is 2.13 bits per heavy atom. The van der Waals surface area contributed by atoms with Crippen LogP contribution >= 0.6 is 0 Å². The maximum absolute atomic E-state index is 12.1. The van der Waals surface area contributed by atoms with E-state index in [4.69, 9.17) is 8.83 Å². The van der Waals surface area contributed by atoms with Crippen LogP contribution in [0.1, 0.15) is 43.7 Å². The number of rotatable bonds is 2. The van der Waals surface area contributed by atoms with Crippen molar-refractivity contribution in [1.29, 1.82) is 0 Å². The lowest BCUT2D eigenvalue weighted by molar-refractivity contribution is -0.131. The number of hydrazone groups is 1. The Hall–Kier alpha value is -2.56. The van der Waals surface area contributed by atoms with Crippen LogP contribution in [0.5, 0.6) is 0 Å². The van der Waals surface area contributed by atoms with Gasteiger partial charge >= 0.3 is 0 Å². The molecular weight excluding hydrogens is 292 g/mol. The SMILES string of the molecule is CC(=O)N1N=C2/C(=C\c3ccco3)CCC[C@@H]2[C@@H]1c1ccco1. The van der Waals surface area contributed by atoms with Crippen LogP contribution in [0.15, 0.2) is 56.3 Å². The molecule has 5 heteroatoms. The van der Waals surface area contributed by atoms with E-state index in [0.29, 0.717) is 0 Å². The first-order chi connectivity index (χ1) is 11.2. The van der Waals surface area contributed by atoms with Gasteiger partial charge < -0.3 is 8.83 Å². The molecule has 0 unspecified atom stereocenters. The summed E-state index contributed by atoms with van der Waals surface area (Å²) in [5.74, 6) is 1.73. The summed E-state index contributed by atoms with van der Waals surface area (Å²) >= 11 is 0. The van der Waals surface area contributed by atoms with Crippen LogP contribution in [0, 0.1) is 5.92 Å². The number of amides is 1. The van der Waals surface area contributed by atoms with Gasteiger partial charge in [0.05, 0.1) is 18.2 Å². The third-order valence-corrected chi connectivity index (χ3v) is 4.52. The summed E-state index contributed by atoms with van der Waals surface area (Å²) in [7, 11) is 0. The van der Waals surface area contributed by atoms with Crippen LogP contribution in [-0.4, -0.2) is 16.6 Å². The van der Waals surface area contributed by atoms with Gasteiger partial charge in [0.1, 0.15) is 17.6 Å². The fraction of sp³-hybridized carbons (Fsp3) is 0.333. The van der Waals surface area contributed by atoms with E-state index in [1.54, 1.807) is 24.5 Å². The van der Waals surface area contributed by atoms with Gasteiger partial charge in [-0.2, -0.15) is 5.10 Å². The molecule has 2 aliphatic rings. The van der Waals surface area contributed by atoms with Gasteiger partial charge in [0.15, 0.2) is 0 Å². The number of furan rings is 2. The molecule has 1 amide bonds. The quantitative estimate of drug-likeness (QED) is 0.842. The van der Waals surface area contributed by atoms with E-state index in [1.807, 2.05) is 30.3 Å². The minimum absolute atomic E-state index is 0.0642. The third-order valence-electron chi connectivity index (χ3n) is 4.52. The summed E-state index contributed by atoms with van der Waals surface area (Å²) in [5.41, 5.74) is 2.14. The van der Waals surface area contributed by atoms with E-state index < -0.39 is 0 Å². The molecule has 1 saturated carbocycles. The number of nitrogens with zero attached hydrogens (tertiary/aromatic N) is 2. The fourth-order valence-electron chi connectivity index (χ4n) is 3.55. The van der Waals surface area contributed by atoms with Crippen LogP contribution in [0.3, 0.4) is 0 Å². The Morgan fingerprint density at radius 1 is 1.30 bits per heavy atom. The van der Waals surface area contributed by atoms with Crippen molar-refractivity contribution in [2.45, 2.75) is 32.2 Å². The highest BCUT2D eigenvalue weighted by Crippen LogP contribution is 2.44. The van der Waals surface area contributed by atoms with Crippen LogP contribution in [0.25, 0.3) is 6.08 Å². The molecule has 3 heterocycles. The number of allylic oxidation sites excluding steroid dienone is 1. The van der Waals surface area contributed by atoms with E-state index in [1.165, 1.54) is 0 Å². The van der Waals surface area contributed by atoms with Crippen molar-refractivity contribution in [3.05, 3.63) is 53.9 Å². The molecule has 2 aromatic rings. The summed E-state index contributed by atoms with van der Waals surface area (Å²) < 4.78 is 11.0. The molecule has 0 saturated heterocycles. The van der Waals surface area contributed by atoms with Gasteiger partial charge in [0, 0.05) is 12.8 Å². The van der Waals surface area contributed by atoms with Crippen molar-refractivity contribution in [3.63, 3.8) is 0 Å². The molecule has 0 spiro atoms. The standard InChI is InChI=1S/C18H18N2O3/c1-12(21)20-18(16-8-4-10-23-16)15-7-2-5-13(17(15)19-20)11-14-6-3-9-22-14/h3-4,6,8-11,15,18H,2,5,7H2,1H3/b13-11-/t15-,18+/m0/s1. The molecular formula is C18H18N2O3. The van der Waals surface area contributed by atoms with Gasteiger partial charge in [-0.05, 0) is 55.2 Å². The lowest BCUT2D eigenvalue weighted by Crippen LogP contribution is -2.30. The number of hydrogen-bond acceptors (Lipinski definition) is 4. The Morgan fingerprint density at radius 3 is 2.83 bits per heavy atom. The predicted octanol–water partition coefficient (Wildman–Crippen LogP) is 4.02. The van der Waals surface area contributed by atoms with Gasteiger partial charge in [0.25, 0.3) is 0 Å². The maximum Gasteiger partial charge on any atom is 0.240 e. The molecule has 2 atom stereocenters. The summed E-state index contributed by atoms with van der Waals surface area (Å²) in [4.78, 5) is 12.1. The van der Waals surface area contributed by atoms with Crippen LogP contribution in [0.4, 0.5) is 0 Å². The molecule has 0 bridgehead atoms. The average molecular weight is 310 g/mol. The van der Waals surface area contributed by atoms with E-state index in [2.05, 4.69) is 5.10 Å². The van der Waals surface area contributed by atoms with Crippen LogP contribution in [-0.2, 0) is 4.79 Å². The summed E-state index contributed by atoms with van der Waals surface area (Å²) in [6.07, 6.45) is 8.37. The predicted molar refractivity (Wildman–Crippen MR) is 85.4 cm³/mol. The Balaban J connectivity index is 1.74. The van der Waals surface area contributed by atoms with Crippen molar-refractivity contribution < 1.29 is 13.6 Å².